The van der Waals surface area contributed by atoms with Crippen LogP contribution in [0.15, 0.2) is 116 Å². The number of benzene rings is 3. The number of carbonyl (C=O) groups excluding carboxylic acids is 1. The Morgan fingerprint density at radius 1 is 0.710 bits per heavy atom. The van der Waals surface area contributed by atoms with Crippen molar-refractivity contribution in [2.24, 2.45) is 0 Å². The van der Waals surface area contributed by atoms with E-state index in [1.807, 2.05) is 0 Å². The molecule has 4 rings (SSSR count). The third kappa shape index (κ3) is 4.73. The summed E-state index contributed by atoms with van der Waals surface area (Å²) in [6, 6.07) is 35.7. The molecule has 0 N–H and O–H groups in total. The highest BCUT2D eigenvalue weighted by Crippen LogP contribution is 2.55. The number of hydrogen-bond acceptors (Lipinski definition) is 3. The average Bonchev–Trinajstić information content (AvgIpc) is 2.86. The van der Waals surface area contributed by atoms with Crippen molar-refractivity contribution in [3.8, 4) is 0 Å². The summed E-state index contributed by atoms with van der Waals surface area (Å²) in [6.07, 6.45) is 4.89. The number of esters is 1. The first-order valence-corrected chi connectivity index (χ1v) is 12.4. The molecule has 4 aromatic rings. The van der Waals surface area contributed by atoms with E-state index in [9.17, 15) is 4.79 Å². The lowest BCUT2D eigenvalue weighted by Gasteiger charge is -2.27. The van der Waals surface area contributed by atoms with Crippen molar-refractivity contribution in [2.75, 3.05) is 12.8 Å². The van der Waals surface area contributed by atoms with Gasteiger partial charge in [-0.05, 0) is 48.5 Å². The standard InChI is InChI=1S/C27H25NO2P/c29-27(23-12-10-19-28-22-23)30-20-11-21-31(24-13-4-1-5-14-24,25-15-6-2-7-16-25)26-17-8-3-9-18-26/h1-10,12-19,22H,11,20-21H2/q+1. The van der Waals surface area contributed by atoms with Crippen molar-refractivity contribution < 1.29 is 9.53 Å². The molecular formula is C27H25NO2P+. The van der Waals surface area contributed by atoms with Crippen molar-refractivity contribution in [3.05, 3.63) is 121 Å². The van der Waals surface area contributed by atoms with Crippen molar-refractivity contribution in [1.82, 2.24) is 4.98 Å². The van der Waals surface area contributed by atoms with E-state index < -0.39 is 7.26 Å². The van der Waals surface area contributed by atoms with Gasteiger partial charge in [0.05, 0.1) is 18.3 Å². The van der Waals surface area contributed by atoms with Crippen LogP contribution in [0.25, 0.3) is 0 Å². The van der Waals surface area contributed by atoms with Gasteiger partial charge in [-0.15, -0.1) is 0 Å². The zero-order chi connectivity index (χ0) is 21.4. The predicted molar refractivity (Wildman–Crippen MR) is 129 cm³/mol. The number of nitrogens with zero attached hydrogens (tertiary/aromatic N) is 1. The minimum atomic E-state index is -1.89. The molecule has 0 radical (unpaired) electrons. The maximum atomic E-state index is 12.3. The van der Waals surface area contributed by atoms with Gasteiger partial charge in [0.2, 0.25) is 0 Å². The van der Waals surface area contributed by atoms with E-state index in [1.165, 1.54) is 22.1 Å². The fourth-order valence-electron chi connectivity index (χ4n) is 3.92. The zero-order valence-corrected chi connectivity index (χ0v) is 18.2. The molecule has 0 aliphatic carbocycles. The smallest absolute Gasteiger partial charge is 0.339 e. The van der Waals surface area contributed by atoms with Crippen LogP contribution in [0.3, 0.4) is 0 Å². The highest BCUT2D eigenvalue weighted by molar-refractivity contribution is 7.95. The first-order chi connectivity index (χ1) is 15.3. The molecule has 0 unspecified atom stereocenters. The second-order valence-corrected chi connectivity index (χ2v) is 10.9. The fraction of sp³-hybridized carbons (Fsp3) is 0.111. The molecule has 0 amide bonds. The van der Waals surface area contributed by atoms with Crippen LogP contribution in [-0.2, 0) is 4.74 Å². The Bertz CT molecular complexity index is 990. The molecule has 4 heteroatoms. The summed E-state index contributed by atoms with van der Waals surface area (Å²) >= 11 is 0. The number of ether oxygens (including phenoxy) is 1. The summed E-state index contributed by atoms with van der Waals surface area (Å²) in [4.78, 5) is 16.3. The van der Waals surface area contributed by atoms with Gasteiger partial charge in [-0.3, -0.25) is 4.98 Å². The number of carbonyl (C=O) groups is 1. The number of hydrogen-bond donors (Lipinski definition) is 0. The summed E-state index contributed by atoms with van der Waals surface area (Å²) in [6.45, 7) is 0.377. The maximum absolute atomic E-state index is 12.3. The lowest BCUT2D eigenvalue weighted by Crippen LogP contribution is -2.33. The molecular weight excluding hydrogens is 401 g/mol. The molecule has 0 aliphatic heterocycles. The molecule has 154 valence electrons. The van der Waals surface area contributed by atoms with Crippen LogP contribution in [0.5, 0.6) is 0 Å². The van der Waals surface area contributed by atoms with Gasteiger partial charge in [0.1, 0.15) is 23.2 Å². The Labute approximate surface area is 184 Å². The second-order valence-electron chi connectivity index (χ2n) is 7.27. The third-order valence-corrected chi connectivity index (χ3v) is 9.89. The summed E-state index contributed by atoms with van der Waals surface area (Å²) in [5.74, 6) is -0.323. The largest absolute Gasteiger partial charge is 0.462 e. The minimum absolute atomic E-state index is 0.323. The van der Waals surface area contributed by atoms with Gasteiger partial charge >= 0.3 is 5.97 Å². The molecule has 0 spiro atoms. The number of pyridine rings is 1. The average molecular weight is 426 g/mol. The number of aromatic nitrogens is 1. The van der Waals surface area contributed by atoms with Gasteiger partial charge in [-0.25, -0.2) is 4.79 Å². The van der Waals surface area contributed by atoms with E-state index in [1.54, 1.807) is 18.3 Å². The summed E-state index contributed by atoms with van der Waals surface area (Å²) < 4.78 is 5.57. The quantitative estimate of drug-likeness (QED) is 0.234. The SMILES string of the molecule is O=C(OCCC[P+](c1ccccc1)(c1ccccc1)c1ccccc1)c1cccnc1. The molecule has 0 atom stereocenters. The van der Waals surface area contributed by atoms with Crippen molar-refractivity contribution in [2.45, 2.75) is 6.42 Å². The fourth-order valence-corrected chi connectivity index (χ4v) is 8.23. The van der Waals surface area contributed by atoms with Crippen LogP contribution < -0.4 is 15.9 Å². The van der Waals surface area contributed by atoms with Crippen molar-refractivity contribution in [1.29, 1.82) is 0 Å². The van der Waals surface area contributed by atoms with Crippen LogP contribution in [0, 0.1) is 0 Å². The van der Waals surface area contributed by atoms with Crippen LogP contribution in [-0.4, -0.2) is 23.7 Å². The highest BCUT2D eigenvalue weighted by atomic mass is 31.2. The van der Waals surface area contributed by atoms with Gasteiger partial charge in [-0.2, -0.15) is 0 Å². The monoisotopic (exact) mass is 426 g/mol. The lowest BCUT2D eigenvalue weighted by molar-refractivity contribution is 0.0505. The lowest BCUT2D eigenvalue weighted by atomic mass is 10.3. The Morgan fingerprint density at radius 2 is 1.23 bits per heavy atom. The molecule has 0 saturated heterocycles. The Kier molecular flexibility index (Phi) is 6.86. The van der Waals surface area contributed by atoms with Crippen LogP contribution in [0.4, 0.5) is 0 Å². The van der Waals surface area contributed by atoms with Crippen LogP contribution in [0.2, 0.25) is 0 Å². The molecule has 0 fully saturated rings. The van der Waals surface area contributed by atoms with Crippen LogP contribution in [0.1, 0.15) is 16.8 Å². The highest BCUT2D eigenvalue weighted by Gasteiger charge is 2.44. The van der Waals surface area contributed by atoms with Crippen LogP contribution >= 0.6 is 7.26 Å². The Morgan fingerprint density at radius 3 is 1.68 bits per heavy atom. The molecule has 0 aliphatic rings. The summed E-state index contributed by atoms with van der Waals surface area (Å²) in [5, 5.41) is 4.02. The molecule has 31 heavy (non-hydrogen) atoms. The van der Waals surface area contributed by atoms with E-state index in [4.69, 9.17) is 4.74 Å². The first-order valence-electron chi connectivity index (χ1n) is 10.4. The minimum Gasteiger partial charge on any atom is -0.462 e. The van der Waals surface area contributed by atoms with E-state index in [0.717, 1.165) is 12.6 Å². The predicted octanol–water partition coefficient (Wildman–Crippen LogP) is 4.62. The molecule has 0 bridgehead atoms. The van der Waals surface area contributed by atoms with Gasteiger partial charge in [0.25, 0.3) is 0 Å². The maximum Gasteiger partial charge on any atom is 0.339 e. The molecule has 1 heterocycles. The Balaban J connectivity index is 1.63. The first kappa shape index (κ1) is 21.0. The molecule has 0 saturated carbocycles. The zero-order valence-electron chi connectivity index (χ0n) is 17.3. The molecule has 1 aromatic heterocycles. The van der Waals surface area contributed by atoms with Gasteiger partial charge in [-0.1, -0.05) is 54.6 Å². The van der Waals surface area contributed by atoms with Gasteiger partial charge < -0.3 is 4.74 Å². The molecule has 3 aromatic carbocycles. The summed E-state index contributed by atoms with van der Waals surface area (Å²) in [7, 11) is -1.89. The van der Waals surface area contributed by atoms with E-state index in [-0.39, 0.29) is 5.97 Å². The van der Waals surface area contributed by atoms with Crippen molar-refractivity contribution in [3.63, 3.8) is 0 Å². The Hall–Kier alpha value is -3.29. The van der Waals surface area contributed by atoms with E-state index >= 15 is 0 Å². The second kappa shape index (κ2) is 10.1. The van der Waals surface area contributed by atoms with E-state index in [2.05, 4.69) is 96.0 Å². The van der Waals surface area contributed by atoms with Crippen molar-refractivity contribution >= 4 is 29.1 Å². The van der Waals surface area contributed by atoms with E-state index in [0.29, 0.717) is 12.2 Å². The van der Waals surface area contributed by atoms with Gasteiger partial charge in [0.15, 0.2) is 0 Å². The number of rotatable bonds is 8. The topological polar surface area (TPSA) is 39.2 Å². The van der Waals surface area contributed by atoms with Gasteiger partial charge in [0, 0.05) is 18.8 Å². The normalized spacial score (nSPS) is 11.1. The third-order valence-electron chi connectivity index (χ3n) is 5.36. The molecule has 3 nitrogen and oxygen atoms in total. The summed E-state index contributed by atoms with van der Waals surface area (Å²) in [5.41, 5.74) is 0.484.